The van der Waals surface area contributed by atoms with Gasteiger partial charge in [0.05, 0.1) is 5.56 Å². The van der Waals surface area contributed by atoms with Crippen LogP contribution in [0, 0.1) is 11.8 Å². The van der Waals surface area contributed by atoms with Crippen molar-refractivity contribution >= 4 is 41.2 Å². The van der Waals surface area contributed by atoms with Crippen molar-refractivity contribution in [2.24, 2.45) is 11.8 Å². The number of aliphatic hydroxyl groups is 1. The Morgan fingerprint density at radius 1 is 1.06 bits per heavy atom. The van der Waals surface area contributed by atoms with E-state index in [-0.39, 0.29) is 11.1 Å². The van der Waals surface area contributed by atoms with Crippen LogP contribution in [0.3, 0.4) is 0 Å². The van der Waals surface area contributed by atoms with E-state index in [0.717, 1.165) is 50.9 Å². The molecule has 6 nitrogen and oxygen atoms in total. The number of benzene rings is 1. The fourth-order valence-electron chi connectivity index (χ4n) is 4.95. The molecular formula is C25H29Cl2N3O3. The first-order valence-electron chi connectivity index (χ1n) is 11.5. The molecule has 1 aromatic carbocycles. The van der Waals surface area contributed by atoms with E-state index in [0.29, 0.717) is 41.1 Å². The Balaban J connectivity index is 1.22. The van der Waals surface area contributed by atoms with Gasteiger partial charge in [0.25, 0.3) is 5.91 Å². The SMILES string of the molecule is O=Cc1ccc(N2CCC(CC3CCN(C(=O)C(O)c4cccc(Cl)c4)CC3)CC2)nc1Cl. The minimum Gasteiger partial charge on any atom is -0.378 e. The molecule has 33 heavy (non-hydrogen) atoms. The van der Waals surface area contributed by atoms with E-state index in [2.05, 4.69) is 9.88 Å². The van der Waals surface area contributed by atoms with Gasteiger partial charge in [0, 0.05) is 31.2 Å². The van der Waals surface area contributed by atoms with E-state index in [4.69, 9.17) is 23.2 Å². The van der Waals surface area contributed by atoms with Gasteiger partial charge in [0.15, 0.2) is 12.4 Å². The number of carbonyl (C=O) groups excluding carboxylic acids is 2. The number of aromatic nitrogens is 1. The van der Waals surface area contributed by atoms with E-state index in [1.165, 1.54) is 6.42 Å². The average molecular weight is 490 g/mol. The summed E-state index contributed by atoms with van der Waals surface area (Å²) in [6.45, 7) is 3.23. The fraction of sp³-hybridized carbons (Fsp3) is 0.480. The molecule has 0 aliphatic carbocycles. The molecule has 1 aromatic heterocycles. The van der Waals surface area contributed by atoms with Crippen LogP contribution in [-0.4, -0.2) is 53.4 Å². The number of aldehydes is 1. The highest BCUT2D eigenvalue weighted by Gasteiger charge is 2.30. The number of likely N-dealkylation sites (tertiary alicyclic amines) is 1. The third kappa shape index (κ3) is 5.86. The van der Waals surface area contributed by atoms with Gasteiger partial charge in [-0.1, -0.05) is 35.3 Å². The Kier molecular flexibility index (Phi) is 7.89. The molecule has 8 heteroatoms. The Hall–Kier alpha value is -2.15. The topological polar surface area (TPSA) is 73.7 Å². The van der Waals surface area contributed by atoms with Gasteiger partial charge >= 0.3 is 0 Å². The summed E-state index contributed by atoms with van der Waals surface area (Å²) in [6, 6.07) is 10.4. The quantitative estimate of drug-likeness (QED) is 0.466. The lowest BCUT2D eigenvalue weighted by atomic mass is 9.82. The number of pyridine rings is 1. The molecule has 0 bridgehead atoms. The maximum atomic E-state index is 12.7. The van der Waals surface area contributed by atoms with Gasteiger partial charge < -0.3 is 14.9 Å². The molecule has 0 spiro atoms. The van der Waals surface area contributed by atoms with Crippen molar-refractivity contribution in [3.63, 3.8) is 0 Å². The molecule has 1 amide bonds. The maximum absolute atomic E-state index is 12.7. The van der Waals surface area contributed by atoms with Gasteiger partial charge in [-0.15, -0.1) is 0 Å². The lowest BCUT2D eigenvalue weighted by molar-refractivity contribution is -0.142. The first-order chi connectivity index (χ1) is 15.9. The van der Waals surface area contributed by atoms with E-state index in [1.54, 1.807) is 35.2 Å². The second-order valence-electron chi connectivity index (χ2n) is 9.06. The molecular weight excluding hydrogens is 461 g/mol. The van der Waals surface area contributed by atoms with Gasteiger partial charge in [0.1, 0.15) is 11.0 Å². The minimum atomic E-state index is -1.16. The molecule has 2 aromatic rings. The second-order valence-corrected chi connectivity index (χ2v) is 9.85. The molecule has 2 aliphatic rings. The van der Waals surface area contributed by atoms with Crippen molar-refractivity contribution in [2.75, 3.05) is 31.1 Å². The van der Waals surface area contributed by atoms with Crippen molar-refractivity contribution in [3.05, 3.63) is 57.7 Å². The summed E-state index contributed by atoms with van der Waals surface area (Å²) in [5.74, 6) is 1.86. The molecule has 4 rings (SSSR count). The van der Waals surface area contributed by atoms with Crippen LogP contribution in [0.15, 0.2) is 36.4 Å². The molecule has 2 saturated heterocycles. The van der Waals surface area contributed by atoms with Gasteiger partial charge in [-0.3, -0.25) is 9.59 Å². The van der Waals surface area contributed by atoms with E-state index in [9.17, 15) is 14.7 Å². The maximum Gasteiger partial charge on any atom is 0.256 e. The highest BCUT2D eigenvalue weighted by atomic mass is 35.5. The largest absolute Gasteiger partial charge is 0.378 e. The molecule has 2 fully saturated rings. The Bertz CT molecular complexity index is 987. The fourth-order valence-corrected chi connectivity index (χ4v) is 5.34. The first-order valence-corrected chi connectivity index (χ1v) is 12.3. The van der Waals surface area contributed by atoms with Gasteiger partial charge in [-0.25, -0.2) is 4.98 Å². The van der Waals surface area contributed by atoms with E-state index >= 15 is 0 Å². The van der Waals surface area contributed by atoms with Crippen LogP contribution in [0.2, 0.25) is 10.2 Å². The summed E-state index contributed by atoms with van der Waals surface area (Å²) < 4.78 is 0. The smallest absolute Gasteiger partial charge is 0.256 e. The zero-order valence-electron chi connectivity index (χ0n) is 18.5. The monoisotopic (exact) mass is 489 g/mol. The third-order valence-corrected chi connectivity index (χ3v) is 7.46. The summed E-state index contributed by atoms with van der Waals surface area (Å²) in [4.78, 5) is 32.1. The van der Waals surface area contributed by atoms with Crippen LogP contribution in [0.1, 0.15) is 54.1 Å². The average Bonchev–Trinajstić information content (AvgIpc) is 2.84. The van der Waals surface area contributed by atoms with Crippen molar-refractivity contribution in [1.29, 1.82) is 0 Å². The number of piperidine rings is 2. The van der Waals surface area contributed by atoms with Crippen molar-refractivity contribution in [1.82, 2.24) is 9.88 Å². The number of carbonyl (C=O) groups is 2. The lowest BCUT2D eigenvalue weighted by Crippen LogP contribution is -2.42. The highest BCUT2D eigenvalue weighted by molar-refractivity contribution is 6.31. The van der Waals surface area contributed by atoms with Crippen LogP contribution >= 0.6 is 23.2 Å². The Morgan fingerprint density at radius 2 is 1.73 bits per heavy atom. The predicted octanol–water partition coefficient (Wildman–Crippen LogP) is 4.78. The molecule has 176 valence electrons. The first kappa shape index (κ1) is 24.0. The number of halogens is 2. The number of rotatable bonds is 6. The second kappa shape index (κ2) is 10.9. The van der Waals surface area contributed by atoms with Crippen molar-refractivity contribution in [3.8, 4) is 0 Å². The normalized spacial score (nSPS) is 18.9. The summed E-state index contributed by atoms with van der Waals surface area (Å²) in [5.41, 5.74) is 0.957. The van der Waals surface area contributed by atoms with Crippen LogP contribution < -0.4 is 4.90 Å². The Morgan fingerprint density at radius 3 is 2.33 bits per heavy atom. The molecule has 0 saturated carbocycles. The van der Waals surface area contributed by atoms with E-state index in [1.807, 2.05) is 6.07 Å². The number of hydrogen-bond donors (Lipinski definition) is 1. The van der Waals surface area contributed by atoms with Crippen LogP contribution in [0.4, 0.5) is 5.82 Å². The summed E-state index contributed by atoms with van der Waals surface area (Å²) in [7, 11) is 0. The molecule has 3 heterocycles. The van der Waals surface area contributed by atoms with Gasteiger partial charge in [-0.05, 0) is 73.8 Å². The van der Waals surface area contributed by atoms with Gasteiger partial charge in [0.2, 0.25) is 0 Å². The lowest BCUT2D eigenvalue weighted by Gasteiger charge is -2.37. The van der Waals surface area contributed by atoms with Gasteiger partial charge in [-0.2, -0.15) is 0 Å². The zero-order valence-corrected chi connectivity index (χ0v) is 20.0. The van der Waals surface area contributed by atoms with Crippen molar-refractivity contribution < 1.29 is 14.7 Å². The zero-order chi connectivity index (χ0) is 23.4. The summed E-state index contributed by atoms with van der Waals surface area (Å²) in [6.07, 6.45) is 4.87. The van der Waals surface area contributed by atoms with Crippen LogP contribution in [0.25, 0.3) is 0 Å². The molecule has 1 atom stereocenters. The standard InChI is InChI=1S/C25H29Cl2N3O3/c26-21-3-1-2-19(15-21)23(32)25(33)30-12-8-18(9-13-30)14-17-6-10-29(11-7-17)22-5-4-20(16-31)24(27)28-22/h1-5,15-18,23,32H,6-14H2. The number of anilines is 1. The molecule has 1 unspecified atom stereocenters. The van der Waals surface area contributed by atoms with Crippen molar-refractivity contribution in [2.45, 2.75) is 38.2 Å². The number of amides is 1. The van der Waals surface area contributed by atoms with Crippen LogP contribution in [0.5, 0.6) is 0 Å². The number of nitrogens with zero attached hydrogens (tertiary/aromatic N) is 3. The number of aliphatic hydroxyl groups excluding tert-OH is 1. The summed E-state index contributed by atoms with van der Waals surface area (Å²) >= 11 is 12.1. The summed E-state index contributed by atoms with van der Waals surface area (Å²) in [5, 5.41) is 11.2. The van der Waals surface area contributed by atoms with E-state index < -0.39 is 6.10 Å². The Labute approximate surface area is 204 Å². The molecule has 0 radical (unpaired) electrons. The number of hydrogen-bond acceptors (Lipinski definition) is 5. The predicted molar refractivity (Wildman–Crippen MR) is 130 cm³/mol. The molecule has 1 N–H and O–H groups in total. The minimum absolute atomic E-state index is 0.240. The highest BCUT2D eigenvalue weighted by Crippen LogP contribution is 2.32. The molecule has 2 aliphatic heterocycles. The third-order valence-electron chi connectivity index (χ3n) is 6.92. The van der Waals surface area contributed by atoms with Crippen LogP contribution in [-0.2, 0) is 4.79 Å².